The van der Waals surface area contributed by atoms with Crippen LogP contribution in [-0.2, 0) is 11.2 Å². The maximum absolute atomic E-state index is 13.5. The van der Waals surface area contributed by atoms with Gasteiger partial charge in [-0.1, -0.05) is 43.7 Å². The molecule has 0 aromatic heterocycles. The van der Waals surface area contributed by atoms with Crippen LogP contribution in [0.4, 0.5) is 14.5 Å². The van der Waals surface area contributed by atoms with Gasteiger partial charge < -0.3 is 10.6 Å². The predicted molar refractivity (Wildman–Crippen MR) is 122 cm³/mol. The van der Waals surface area contributed by atoms with Crippen molar-refractivity contribution >= 4 is 23.6 Å². The summed E-state index contributed by atoms with van der Waals surface area (Å²) in [6, 6.07) is 18.1. The molecular weight excluding hydrogens is 410 g/mol. The number of hydrogen-bond acceptors (Lipinski definition) is 2. The van der Waals surface area contributed by atoms with Crippen molar-refractivity contribution in [1.82, 2.24) is 5.32 Å². The van der Waals surface area contributed by atoms with Gasteiger partial charge in [0, 0.05) is 11.3 Å². The maximum Gasteiger partial charge on any atom is 0.272 e. The topological polar surface area (TPSA) is 58.2 Å². The molecule has 0 aliphatic carbocycles. The van der Waals surface area contributed by atoms with Gasteiger partial charge in [0.25, 0.3) is 11.8 Å². The van der Waals surface area contributed by atoms with Gasteiger partial charge in [-0.05, 0) is 72.5 Å². The van der Waals surface area contributed by atoms with Gasteiger partial charge in [0.15, 0.2) is 0 Å². The molecule has 0 heterocycles. The summed E-state index contributed by atoms with van der Waals surface area (Å²) >= 11 is 0. The number of rotatable bonds is 8. The Balaban J connectivity index is 1.82. The minimum absolute atomic E-state index is 0.0547. The largest absolute Gasteiger partial charge is 0.321 e. The van der Waals surface area contributed by atoms with Crippen molar-refractivity contribution in [3.8, 4) is 0 Å². The summed E-state index contributed by atoms with van der Waals surface area (Å²) in [7, 11) is 0. The highest BCUT2D eigenvalue weighted by Gasteiger charge is 2.15. The number of benzene rings is 3. The van der Waals surface area contributed by atoms with Crippen LogP contribution in [0.3, 0.4) is 0 Å². The Morgan fingerprint density at radius 2 is 1.62 bits per heavy atom. The number of unbranched alkanes of at least 4 members (excludes halogenated alkanes) is 1. The van der Waals surface area contributed by atoms with E-state index in [2.05, 4.69) is 17.6 Å². The summed E-state index contributed by atoms with van der Waals surface area (Å²) in [6.45, 7) is 2.12. The van der Waals surface area contributed by atoms with Crippen LogP contribution in [0.1, 0.15) is 41.3 Å². The molecule has 2 amide bonds. The zero-order valence-electron chi connectivity index (χ0n) is 17.7. The zero-order valence-corrected chi connectivity index (χ0v) is 17.7. The monoisotopic (exact) mass is 434 g/mol. The molecule has 0 unspecified atom stereocenters. The molecule has 4 nitrogen and oxygen atoms in total. The molecule has 0 spiro atoms. The summed E-state index contributed by atoms with van der Waals surface area (Å²) in [4.78, 5) is 25.6. The van der Waals surface area contributed by atoms with Gasteiger partial charge in [0.1, 0.15) is 17.3 Å². The highest BCUT2D eigenvalue weighted by molar-refractivity contribution is 6.10. The van der Waals surface area contributed by atoms with Crippen molar-refractivity contribution in [3.05, 3.63) is 107 Å². The Hall–Kier alpha value is -3.80. The maximum atomic E-state index is 13.5. The lowest BCUT2D eigenvalue weighted by Gasteiger charge is -2.12. The van der Waals surface area contributed by atoms with Crippen LogP contribution in [0.2, 0.25) is 0 Å². The van der Waals surface area contributed by atoms with E-state index in [4.69, 9.17) is 0 Å². The molecular formula is C26H24F2N2O2. The quantitative estimate of drug-likeness (QED) is 0.446. The van der Waals surface area contributed by atoms with Gasteiger partial charge in [0.05, 0.1) is 0 Å². The van der Waals surface area contributed by atoms with Crippen LogP contribution in [0.15, 0.2) is 78.5 Å². The van der Waals surface area contributed by atoms with Crippen LogP contribution in [0.5, 0.6) is 0 Å². The number of aryl methyl sites for hydroxylation is 1. The van der Waals surface area contributed by atoms with E-state index in [1.54, 1.807) is 12.1 Å². The summed E-state index contributed by atoms with van der Waals surface area (Å²) in [6.07, 6.45) is 4.52. The standard InChI is InChI=1S/C26H24F2N2O2/c1-2-3-5-18-8-12-20(13-9-18)25(31)30-24(16-19-10-14-21(27)15-11-19)26(32)29-23-7-4-6-22(28)17-23/h4,6-17H,2-3,5H2,1H3,(H,29,32)(H,30,31)/b24-16-. The zero-order chi connectivity index (χ0) is 22.9. The highest BCUT2D eigenvalue weighted by atomic mass is 19.1. The number of nitrogens with one attached hydrogen (secondary N) is 2. The smallest absolute Gasteiger partial charge is 0.272 e. The fourth-order valence-electron chi connectivity index (χ4n) is 3.05. The molecule has 0 saturated carbocycles. The first-order valence-electron chi connectivity index (χ1n) is 10.4. The summed E-state index contributed by atoms with van der Waals surface area (Å²) in [5.74, 6) is -2.01. The average Bonchev–Trinajstić information content (AvgIpc) is 2.79. The van der Waals surface area contributed by atoms with Gasteiger partial charge in [0.2, 0.25) is 0 Å². The molecule has 3 aromatic carbocycles. The van der Waals surface area contributed by atoms with Gasteiger partial charge in [-0.3, -0.25) is 9.59 Å². The molecule has 0 aliphatic rings. The lowest BCUT2D eigenvalue weighted by atomic mass is 10.1. The molecule has 0 fully saturated rings. The highest BCUT2D eigenvalue weighted by Crippen LogP contribution is 2.14. The van der Waals surface area contributed by atoms with Crippen molar-refractivity contribution < 1.29 is 18.4 Å². The Kier molecular flexibility index (Phi) is 7.86. The molecule has 32 heavy (non-hydrogen) atoms. The SMILES string of the molecule is CCCCc1ccc(C(=O)N/C(=C\c2ccc(F)cc2)C(=O)Nc2cccc(F)c2)cc1. The van der Waals surface area contributed by atoms with E-state index in [1.807, 2.05) is 12.1 Å². The minimum Gasteiger partial charge on any atom is -0.321 e. The fraction of sp³-hybridized carbons (Fsp3) is 0.154. The molecule has 0 bridgehead atoms. The third-order valence-corrected chi connectivity index (χ3v) is 4.79. The van der Waals surface area contributed by atoms with Crippen LogP contribution in [0.25, 0.3) is 6.08 Å². The van der Waals surface area contributed by atoms with E-state index in [9.17, 15) is 18.4 Å². The lowest BCUT2D eigenvalue weighted by molar-refractivity contribution is -0.113. The third-order valence-electron chi connectivity index (χ3n) is 4.79. The van der Waals surface area contributed by atoms with Crippen molar-refractivity contribution in [2.24, 2.45) is 0 Å². The Labute approximate surface area is 186 Å². The first kappa shape index (κ1) is 22.9. The van der Waals surface area contributed by atoms with Crippen LogP contribution in [0, 0.1) is 11.6 Å². The number of carbonyl (C=O) groups is 2. The molecule has 0 atom stereocenters. The van der Waals surface area contributed by atoms with Gasteiger partial charge >= 0.3 is 0 Å². The summed E-state index contributed by atoms with van der Waals surface area (Å²) in [5.41, 5.74) is 2.24. The Morgan fingerprint density at radius 3 is 2.28 bits per heavy atom. The van der Waals surface area contributed by atoms with Gasteiger partial charge in [-0.2, -0.15) is 0 Å². The second kappa shape index (κ2) is 11.0. The second-order valence-corrected chi connectivity index (χ2v) is 7.33. The van der Waals surface area contributed by atoms with E-state index < -0.39 is 23.4 Å². The van der Waals surface area contributed by atoms with E-state index in [-0.39, 0.29) is 11.4 Å². The number of amides is 2. The molecule has 0 aliphatic heterocycles. The van der Waals surface area contributed by atoms with Gasteiger partial charge in [-0.25, -0.2) is 8.78 Å². The molecule has 6 heteroatoms. The molecule has 3 rings (SSSR count). The summed E-state index contributed by atoms with van der Waals surface area (Å²) < 4.78 is 26.7. The Bertz CT molecular complexity index is 1110. The first-order chi connectivity index (χ1) is 15.4. The number of anilines is 1. The van der Waals surface area contributed by atoms with Crippen LogP contribution >= 0.6 is 0 Å². The van der Waals surface area contributed by atoms with Crippen LogP contribution in [-0.4, -0.2) is 11.8 Å². The van der Waals surface area contributed by atoms with Crippen molar-refractivity contribution in [2.45, 2.75) is 26.2 Å². The van der Waals surface area contributed by atoms with E-state index in [1.165, 1.54) is 54.6 Å². The number of hydrogen-bond donors (Lipinski definition) is 2. The number of carbonyl (C=O) groups excluding carboxylic acids is 2. The summed E-state index contributed by atoms with van der Waals surface area (Å²) in [5, 5.41) is 5.18. The van der Waals surface area contributed by atoms with Crippen molar-refractivity contribution in [3.63, 3.8) is 0 Å². The van der Waals surface area contributed by atoms with Crippen molar-refractivity contribution in [1.29, 1.82) is 0 Å². The molecule has 0 radical (unpaired) electrons. The van der Waals surface area contributed by atoms with Gasteiger partial charge in [-0.15, -0.1) is 0 Å². The van der Waals surface area contributed by atoms with E-state index in [0.29, 0.717) is 11.1 Å². The second-order valence-electron chi connectivity index (χ2n) is 7.33. The minimum atomic E-state index is -0.632. The average molecular weight is 434 g/mol. The Morgan fingerprint density at radius 1 is 0.906 bits per heavy atom. The van der Waals surface area contributed by atoms with Crippen molar-refractivity contribution in [2.75, 3.05) is 5.32 Å². The first-order valence-corrected chi connectivity index (χ1v) is 10.4. The number of halogens is 2. The fourth-order valence-corrected chi connectivity index (χ4v) is 3.05. The lowest BCUT2D eigenvalue weighted by Crippen LogP contribution is -2.30. The molecule has 2 N–H and O–H groups in total. The molecule has 164 valence electrons. The van der Waals surface area contributed by atoms with Crippen LogP contribution < -0.4 is 10.6 Å². The molecule has 0 saturated heterocycles. The predicted octanol–water partition coefficient (Wildman–Crippen LogP) is 5.72. The third kappa shape index (κ3) is 6.60. The van der Waals surface area contributed by atoms with E-state index >= 15 is 0 Å². The molecule has 3 aromatic rings. The van der Waals surface area contributed by atoms with E-state index in [0.717, 1.165) is 24.8 Å². The normalized spacial score (nSPS) is 11.2.